The molecule has 0 aromatic heterocycles. The summed E-state index contributed by atoms with van der Waals surface area (Å²) in [5, 5.41) is 9.28. The number of halogens is 1. The number of benzene rings is 2. The first kappa shape index (κ1) is 17.5. The van der Waals surface area contributed by atoms with Crippen LogP contribution < -0.4 is 4.74 Å². The Morgan fingerprint density at radius 3 is 2.48 bits per heavy atom. The van der Waals surface area contributed by atoms with E-state index in [-0.39, 0.29) is 17.6 Å². The third-order valence-corrected chi connectivity index (χ3v) is 4.13. The quantitative estimate of drug-likeness (QED) is 0.783. The first-order chi connectivity index (χ1) is 10.7. The summed E-state index contributed by atoms with van der Waals surface area (Å²) in [6.45, 7) is 8.62. The minimum absolute atomic E-state index is 0.0732. The van der Waals surface area contributed by atoms with Crippen LogP contribution in [0.1, 0.15) is 47.8 Å². The van der Waals surface area contributed by atoms with Crippen LogP contribution in [-0.2, 0) is 12.0 Å². The van der Waals surface area contributed by atoms with Crippen molar-refractivity contribution in [3.63, 3.8) is 0 Å². The van der Waals surface area contributed by atoms with Crippen molar-refractivity contribution in [3.05, 3.63) is 63.1 Å². The van der Waals surface area contributed by atoms with Gasteiger partial charge in [-0.2, -0.15) is 0 Å². The summed E-state index contributed by atoms with van der Waals surface area (Å²) in [5.74, 6) is -0.117. The molecule has 0 spiro atoms. The normalized spacial score (nSPS) is 11.3. The third kappa shape index (κ3) is 4.14. The van der Waals surface area contributed by atoms with Crippen LogP contribution in [0, 0.1) is 6.92 Å². The van der Waals surface area contributed by atoms with Crippen LogP contribution in [-0.4, -0.2) is 11.1 Å². The average Bonchev–Trinajstić information content (AvgIpc) is 2.44. The zero-order chi connectivity index (χ0) is 17.2. The van der Waals surface area contributed by atoms with E-state index in [1.807, 2.05) is 19.1 Å². The summed E-state index contributed by atoms with van der Waals surface area (Å²) in [4.78, 5) is 11.3. The lowest BCUT2D eigenvalue weighted by molar-refractivity contribution is 0.0694. The Hall–Kier alpha value is -1.81. The topological polar surface area (TPSA) is 46.5 Å². The van der Waals surface area contributed by atoms with Gasteiger partial charge in [-0.3, -0.25) is 0 Å². The molecular formula is C19H21BrO3. The maximum atomic E-state index is 11.3. The molecule has 0 bridgehead atoms. The highest BCUT2D eigenvalue weighted by Crippen LogP contribution is 2.37. The Morgan fingerprint density at radius 2 is 1.87 bits per heavy atom. The second-order valence-electron chi connectivity index (χ2n) is 6.60. The molecule has 3 nitrogen and oxygen atoms in total. The van der Waals surface area contributed by atoms with Gasteiger partial charge in [0.2, 0.25) is 0 Å². The number of ether oxygens (including phenoxy) is 1. The minimum Gasteiger partial charge on any atom is -0.488 e. The number of carboxylic acids is 1. The van der Waals surface area contributed by atoms with Crippen molar-refractivity contribution in [2.75, 3.05) is 0 Å². The van der Waals surface area contributed by atoms with E-state index < -0.39 is 5.97 Å². The maximum Gasteiger partial charge on any atom is 0.336 e. The van der Waals surface area contributed by atoms with Crippen LogP contribution >= 0.6 is 15.9 Å². The summed E-state index contributed by atoms with van der Waals surface area (Å²) in [6.07, 6.45) is 0. The van der Waals surface area contributed by atoms with Crippen molar-refractivity contribution in [2.45, 2.75) is 39.7 Å². The molecule has 0 unspecified atom stereocenters. The lowest BCUT2D eigenvalue weighted by atomic mass is 9.85. The van der Waals surface area contributed by atoms with E-state index in [2.05, 4.69) is 42.8 Å². The van der Waals surface area contributed by atoms with Gasteiger partial charge >= 0.3 is 5.97 Å². The second kappa shape index (κ2) is 6.75. The molecule has 0 fully saturated rings. The molecule has 2 rings (SSSR count). The standard InChI is InChI=1S/C19H21BrO3/c1-12-9-14(20)10-16(19(2,3)4)17(12)23-11-13-7-5-6-8-15(13)18(21)22/h5-10H,11H2,1-4H3,(H,21,22). The van der Waals surface area contributed by atoms with E-state index in [1.165, 1.54) is 0 Å². The van der Waals surface area contributed by atoms with Gasteiger partial charge in [-0.1, -0.05) is 54.9 Å². The molecule has 4 heteroatoms. The number of rotatable bonds is 4. The molecule has 0 amide bonds. The SMILES string of the molecule is Cc1cc(Br)cc(C(C)(C)C)c1OCc1ccccc1C(=O)O. The van der Waals surface area contributed by atoms with Crippen LogP contribution in [0.4, 0.5) is 0 Å². The van der Waals surface area contributed by atoms with E-state index in [1.54, 1.807) is 18.2 Å². The van der Waals surface area contributed by atoms with Crippen molar-refractivity contribution in [3.8, 4) is 5.75 Å². The van der Waals surface area contributed by atoms with Crippen molar-refractivity contribution in [1.29, 1.82) is 0 Å². The summed E-state index contributed by atoms with van der Waals surface area (Å²) in [7, 11) is 0. The monoisotopic (exact) mass is 376 g/mol. The van der Waals surface area contributed by atoms with E-state index in [0.29, 0.717) is 5.56 Å². The molecule has 0 radical (unpaired) electrons. The molecule has 0 atom stereocenters. The Bertz CT molecular complexity index is 730. The van der Waals surface area contributed by atoms with Gasteiger partial charge in [-0.05, 0) is 36.1 Å². The van der Waals surface area contributed by atoms with Gasteiger partial charge in [-0.25, -0.2) is 4.79 Å². The molecule has 23 heavy (non-hydrogen) atoms. The highest BCUT2D eigenvalue weighted by atomic mass is 79.9. The van der Waals surface area contributed by atoms with Crippen LogP contribution in [0.5, 0.6) is 5.75 Å². The molecular weight excluding hydrogens is 356 g/mol. The summed E-state index contributed by atoms with van der Waals surface area (Å²) >= 11 is 3.53. The summed E-state index contributed by atoms with van der Waals surface area (Å²) in [5.41, 5.74) is 2.99. The van der Waals surface area contributed by atoms with Crippen molar-refractivity contribution < 1.29 is 14.6 Å². The van der Waals surface area contributed by atoms with Gasteiger partial charge in [0, 0.05) is 15.6 Å². The van der Waals surface area contributed by atoms with Gasteiger partial charge in [0.1, 0.15) is 12.4 Å². The first-order valence-corrected chi connectivity index (χ1v) is 8.24. The van der Waals surface area contributed by atoms with Crippen LogP contribution in [0.15, 0.2) is 40.9 Å². The van der Waals surface area contributed by atoms with E-state index in [9.17, 15) is 9.90 Å². The molecule has 122 valence electrons. The van der Waals surface area contributed by atoms with E-state index in [4.69, 9.17) is 4.74 Å². The number of aryl methyl sites for hydroxylation is 1. The molecule has 0 aliphatic heterocycles. The fourth-order valence-electron chi connectivity index (χ4n) is 2.48. The van der Waals surface area contributed by atoms with E-state index in [0.717, 1.165) is 21.3 Å². The van der Waals surface area contributed by atoms with Crippen LogP contribution in [0.3, 0.4) is 0 Å². The number of hydrogen-bond acceptors (Lipinski definition) is 2. The third-order valence-electron chi connectivity index (χ3n) is 3.67. The van der Waals surface area contributed by atoms with Gasteiger partial charge in [0.25, 0.3) is 0 Å². The average molecular weight is 377 g/mol. The predicted octanol–water partition coefficient (Wildman–Crippen LogP) is 5.33. The Morgan fingerprint density at radius 1 is 1.22 bits per heavy atom. The molecule has 2 aromatic carbocycles. The Balaban J connectivity index is 2.37. The van der Waals surface area contributed by atoms with Crippen LogP contribution in [0.2, 0.25) is 0 Å². The van der Waals surface area contributed by atoms with Gasteiger partial charge in [0.15, 0.2) is 0 Å². The highest BCUT2D eigenvalue weighted by molar-refractivity contribution is 9.10. The maximum absolute atomic E-state index is 11.3. The molecule has 0 aliphatic rings. The lowest BCUT2D eigenvalue weighted by Gasteiger charge is -2.25. The molecule has 0 heterocycles. The molecule has 0 aliphatic carbocycles. The fourth-order valence-corrected chi connectivity index (χ4v) is 3.06. The lowest BCUT2D eigenvalue weighted by Crippen LogP contribution is -2.15. The summed E-state index contributed by atoms with van der Waals surface area (Å²) < 4.78 is 7.05. The molecule has 1 N–H and O–H groups in total. The number of hydrogen-bond donors (Lipinski definition) is 1. The van der Waals surface area contributed by atoms with Gasteiger partial charge in [0.05, 0.1) is 5.56 Å². The largest absolute Gasteiger partial charge is 0.488 e. The molecule has 0 saturated carbocycles. The number of carbonyl (C=O) groups is 1. The predicted molar refractivity (Wildman–Crippen MR) is 95.3 cm³/mol. The number of carboxylic acid groups (broad SMARTS) is 1. The van der Waals surface area contributed by atoms with Crippen molar-refractivity contribution >= 4 is 21.9 Å². The Labute approximate surface area is 145 Å². The summed E-state index contributed by atoms with van der Waals surface area (Å²) in [6, 6.07) is 11.0. The fraction of sp³-hybridized carbons (Fsp3) is 0.316. The van der Waals surface area contributed by atoms with Gasteiger partial charge < -0.3 is 9.84 Å². The van der Waals surface area contributed by atoms with E-state index >= 15 is 0 Å². The number of aromatic carboxylic acids is 1. The molecule has 0 saturated heterocycles. The minimum atomic E-state index is -0.937. The Kier molecular flexibility index (Phi) is 5.15. The second-order valence-corrected chi connectivity index (χ2v) is 7.52. The molecule has 2 aromatic rings. The smallest absolute Gasteiger partial charge is 0.336 e. The van der Waals surface area contributed by atoms with Crippen LogP contribution in [0.25, 0.3) is 0 Å². The zero-order valence-electron chi connectivity index (χ0n) is 13.8. The zero-order valence-corrected chi connectivity index (χ0v) is 15.4. The highest BCUT2D eigenvalue weighted by Gasteiger charge is 2.22. The van der Waals surface area contributed by atoms with Crippen molar-refractivity contribution in [2.24, 2.45) is 0 Å². The van der Waals surface area contributed by atoms with Gasteiger partial charge in [-0.15, -0.1) is 0 Å². The first-order valence-electron chi connectivity index (χ1n) is 7.45. The van der Waals surface area contributed by atoms with Crippen molar-refractivity contribution in [1.82, 2.24) is 0 Å².